The van der Waals surface area contributed by atoms with Gasteiger partial charge in [0.05, 0.1) is 20.6 Å². The average molecular weight is 366 g/mol. The summed E-state index contributed by atoms with van der Waals surface area (Å²) in [5.74, 6) is 0.115. The molecule has 1 atom stereocenters. The summed E-state index contributed by atoms with van der Waals surface area (Å²) >= 11 is 0. The third kappa shape index (κ3) is 3.40. The van der Waals surface area contributed by atoms with Crippen molar-refractivity contribution >= 4 is 16.7 Å². The minimum Gasteiger partial charge on any atom is -0.508 e. The van der Waals surface area contributed by atoms with Crippen LogP contribution in [0.2, 0.25) is 0 Å². The van der Waals surface area contributed by atoms with E-state index in [2.05, 4.69) is 0 Å². The van der Waals surface area contributed by atoms with Crippen molar-refractivity contribution < 1.29 is 24.5 Å². The molecule has 0 spiro atoms. The van der Waals surface area contributed by atoms with E-state index < -0.39 is 11.9 Å². The van der Waals surface area contributed by atoms with Crippen molar-refractivity contribution in [1.82, 2.24) is 0 Å². The average Bonchev–Trinajstić information content (AvgIpc) is 2.66. The van der Waals surface area contributed by atoms with Crippen LogP contribution in [0.25, 0.3) is 10.8 Å². The van der Waals surface area contributed by atoms with Gasteiger partial charge in [-0.05, 0) is 30.2 Å². The van der Waals surface area contributed by atoms with Crippen molar-refractivity contribution in [3.63, 3.8) is 0 Å². The van der Waals surface area contributed by atoms with Crippen LogP contribution in [0, 0.1) is 6.92 Å². The highest BCUT2D eigenvalue weighted by Gasteiger charge is 2.27. The number of aliphatic carboxylic acids is 1. The minimum absolute atomic E-state index is 0.108. The second-order valence-electron chi connectivity index (χ2n) is 6.39. The fourth-order valence-electron chi connectivity index (χ4n) is 3.69. The minimum atomic E-state index is -0.915. The van der Waals surface area contributed by atoms with E-state index in [-0.39, 0.29) is 12.2 Å². The lowest BCUT2D eigenvalue weighted by Crippen LogP contribution is -2.12. The number of rotatable bonds is 6. The Kier molecular flexibility index (Phi) is 5.21. The fourth-order valence-corrected chi connectivity index (χ4v) is 3.69. The van der Waals surface area contributed by atoms with Gasteiger partial charge in [-0.2, -0.15) is 0 Å². The third-order valence-corrected chi connectivity index (χ3v) is 4.84. The predicted molar refractivity (Wildman–Crippen MR) is 104 cm³/mol. The Morgan fingerprint density at radius 3 is 2.04 bits per heavy atom. The number of methoxy groups -OCH3 is 2. The first-order valence-electron chi connectivity index (χ1n) is 8.61. The molecule has 0 amide bonds. The maximum atomic E-state index is 11.6. The van der Waals surface area contributed by atoms with Gasteiger partial charge in [0.25, 0.3) is 0 Å². The van der Waals surface area contributed by atoms with Crippen LogP contribution in [0.4, 0.5) is 0 Å². The Labute approximate surface area is 157 Å². The number of hydrogen-bond acceptors (Lipinski definition) is 4. The largest absolute Gasteiger partial charge is 0.508 e. The van der Waals surface area contributed by atoms with E-state index in [0.717, 1.165) is 27.5 Å². The number of phenols is 1. The highest BCUT2D eigenvalue weighted by molar-refractivity contribution is 5.96. The molecule has 0 fully saturated rings. The standard InChI is InChI=1S/C22H22O5/c1-13-20(18(12-19(24)25)14-8-10-15(23)11-9-14)22(27-3)17-7-5-4-6-16(17)21(13)26-2/h4-11,18,23H,12H2,1-3H3,(H,24,25). The van der Waals surface area contributed by atoms with Gasteiger partial charge in [0.2, 0.25) is 0 Å². The smallest absolute Gasteiger partial charge is 0.304 e. The molecular weight excluding hydrogens is 344 g/mol. The van der Waals surface area contributed by atoms with Gasteiger partial charge in [-0.1, -0.05) is 36.4 Å². The Morgan fingerprint density at radius 2 is 1.52 bits per heavy atom. The van der Waals surface area contributed by atoms with E-state index in [1.165, 1.54) is 0 Å². The Bertz CT molecular complexity index is 976. The Hall–Kier alpha value is -3.21. The lowest BCUT2D eigenvalue weighted by molar-refractivity contribution is -0.137. The van der Waals surface area contributed by atoms with Crippen molar-refractivity contribution in [3.8, 4) is 17.2 Å². The fraction of sp³-hybridized carbons (Fsp3) is 0.227. The molecular formula is C22H22O5. The number of phenolic OH excluding ortho intramolecular Hbond substituents is 1. The van der Waals surface area contributed by atoms with Gasteiger partial charge in [-0.25, -0.2) is 0 Å². The molecule has 3 rings (SSSR count). The van der Waals surface area contributed by atoms with E-state index in [9.17, 15) is 15.0 Å². The van der Waals surface area contributed by atoms with Crippen LogP contribution in [-0.4, -0.2) is 30.4 Å². The molecule has 0 aliphatic rings. The Morgan fingerprint density at radius 1 is 0.963 bits per heavy atom. The number of benzene rings is 3. The molecule has 3 aromatic rings. The molecule has 5 nitrogen and oxygen atoms in total. The monoisotopic (exact) mass is 366 g/mol. The first-order chi connectivity index (χ1) is 13.0. The summed E-state index contributed by atoms with van der Waals surface area (Å²) in [5.41, 5.74) is 2.41. The second kappa shape index (κ2) is 7.58. The maximum Gasteiger partial charge on any atom is 0.304 e. The van der Waals surface area contributed by atoms with Gasteiger partial charge in [0.15, 0.2) is 0 Å². The maximum absolute atomic E-state index is 11.6. The van der Waals surface area contributed by atoms with Gasteiger partial charge >= 0.3 is 5.97 Å². The summed E-state index contributed by atoms with van der Waals surface area (Å²) in [4.78, 5) is 11.6. The van der Waals surface area contributed by atoms with E-state index in [1.807, 2.05) is 31.2 Å². The number of aromatic hydroxyl groups is 1. The van der Waals surface area contributed by atoms with Crippen LogP contribution in [0.5, 0.6) is 17.2 Å². The van der Waals surface area contributed by atoms with Gasteiger partial charge in [0.1, 0.15) is 17.2 Å². The van der Waals surface area contributed by atoms with E-state index in [4.69, 9.17) is 9.47 Å². The zero-order chi connectivity index (χ0) is 19.6. The summed E-state index contributed by atoms with van der Waals surface area (Å²) in [6.07, 6.45) is -0.108. The summed E-state index contributed by atoms with van der Waals surface area (Å²) in [5, 5.41) is 20.9. The van der Waals surface area contributed by atoms with Crippen LogP contribution in [0.15, 0.2) is 48.5 Å². The van der Waals surface area contributed by atoms with Crippen LogP contribution in [-0.2, 0) is 4.79 Å². The molecule has 0 heterocycles. The van der Waals surface area contributed by atoms with Crippen molar-refractivity contribution in [1.29, 1.82) is 0 Å². The summed E-state index contributed by atoms with van der Waals surface area (Å²) in [6.45, 7) is 1.92. The highest BCUT2D eigenvalue weighted by Crippen LogP contribution is 2.46. The van der Waals surface area contributed by atoms with E-state index in [1.54, 1.807) is 38.5 Å². The van der Waals surface area contributed by atoms with Crippen molar-refractivity contribution in [3.05, 3.63) is 65.2 Å². The molecule has 3 aromatic carbocycles. The zero-order valence-electron chi connectivity index (χ0n) is 15.5. The van der Waals surface area contributed by atoms with Crippen LogP contribution < -0.4 is 9.47 Å². The lowest BCUT2D eigenvalue weighted by atomic mass is 9.83. The van der Waals surface area contributed by atoms with Crippen molar-refractivity contribution in [2.45, 2.75) is 19.3 Å². The molecule has 0 radical (unpaired) electrons. The first-order valence-corrected chi connectivity index (χ1v) is 8.61. The van der Waals surface area contributed by atoms with Gasteiger partial charge in [-0.3, -0.25) is 4.79 Å². The molecule has 140 valence electrons. The lowest BCUT2D eigenvalue weighted by Gasteiger charge is -2.25. The van der Waals surface area contributed by atoms with Crippen LogP contribution >= 0.6 is 0 Å². The van der Waals surface area contributed by atoms with Crippen LogP contribution in [0.1, 0.15) is 29.0 Å². The molecule has 5 heteroatoms. The number of carboxylic acid groups (broad SMARTS) is 1. The molecule has 0 aromatic heterocycles. The SMILES string of the molecule is COc1c(C)c(C(CC(=O)O)c2ccc(O)cc2)c(OC)c2ccccc12. The molecule has 1 unspecified atom stereocenters. The van der Waals surface area contributed by atoms with Gasteiger partial charge in [-0.15, -0.1) is 0 Å². The molecule has 0 saturated heterocycles. The molecule has 0 aliphatic heterocycles. The summed E-state index contributed by atoms with van der Waals surface area (Å²) < 4.78 is 11.4. The zero-order valence-corrected chi connectivity index (χ0v) is 15.5. The second-order valence-corrected chi connectivity index (χ2v) is 6.39. The van der Waals surface area contributed by atoms with Crippen molar-refractivity contribution in [2.24, 2.45) is 0 Å². The third-order valence-electron chi connectivity index (χ3n) is 4.84. The Balaban J connectivity index is 2.35. The van der Waals surface area contributed by atoms with E-state index >= 15 is 0 Å². The highest BCUT2D eigenvalue weighted by atomic mass is 16.5. The van der Waals surface area contributed by atoms with E-state index in [0.29, 0.717) is 11.5 Å². The summed E-state index contributed by atoms with van der Waals surface area (Å²) in [6, 6.07) is 14.3. The molecule has 0 aliphatic carbocycles. The van der Waals surface area contributed by atoms with Gasteiger partial charge in [0, 0.05) is 22.3 Å². The predicted octanol–water partition coefficient (Wildman–Crippen LogP) is 4.48. The molecule has 2 N–H and O–H groups in total. The quantitative estimate of drug-likeness (QED) is 0.673. The van der Waals surface area contributed by atoms with Crippen LogP contribution in [0.3, 0.4) is 0 Å². The molecule has 0 saturated carbocycles. The normalized spacial score (nSPS) is 12.0. The topological polar surface area (TPSA) is 76.0 Å². The molecule has 27 heavy (non-hydrogen) atoms. The summed E-state index contributed by atoms with van der Waals surface area (Å²) in [7, 11) is 3.20. The van der Waals surface area contributed by atoms with Gasteiger partial charge < -0.3 is 19.7 Å². The number of ether oxygens (including phenoxy) is 2. The number of hydrogen-bond donors (Lipinski definition) is 2. The number of carbonyl (C=O) groups is 1. The number of fused-ring (bicyclic) bond motifs is 1. The molecule has 0 bridgehead atoms. The number of carboxylic acids is 1. The van der Waals surface area contributed by atoms with Crippen molar-refractivity contribution in [2.75, 3.05) is 14.2 Å². The first kappa shape index (κ1) is 18.6.